The lowest BCUT2D eigenvalue weighted by Gasteiger charge is -2.10. The van der Waals surface area contributed by atoms with Crippen LogP contribution in [-0.4, -0.2) is 11.0 Å². The fraction of sp³-hybridized carbons (Fsp3) is 0.200. The average Bonchev–Trinajstić information content (AvgIpc) is 2.54. The van der Waals surface area contributed by atoms with Crippen LogP contribution in [0.3, 0.4) is 0 Å². The Kier molecular flexibility index (Phi) is 5.05. The SMILES string of the molecule is Cc1cccc(NC(=O)/C(C#N)=C\c2cc(C)c(O)c(C)c2)c1C. The van der Waals surface area contributed by atoms with E-state index in [-0.39, 0.29) is 11.3 Å². The summed E-state index contributed by atoms with van der Waals surface area (Å²) in [5.41, 5.74) is 4.86. The van der Waals surface area contributed by atoms with Gasteiger partial charge in [-0.15, -0.1) is 0 Å². The molecule has 0 heterocycles. The van der Waals surface area contributed by atoms with E-state index in [2.05, 4.69) is 5.32 Å². The molecular weight excluding hydrogens is 300 g/mol. The first-order chi connectivity index (χ1) is 11.3. The zero-order valence-corrected chi connectivity index (χ0v) is 14.3. The zero-order valence-electron chi connectivity index (χ0n) is 14.3. The predicted molar refractivity (Wildman–Crippen MR) is 95.7 cm³/mol. The molecule has 0 atom stereocenters. The molecule has 0 spiro atoms. The van der Waals surface area contributed by atoms with Gasteiger partial charge in [-0.3, -0.25) is 4.79 Å². The maximum Gasteiger partial charge on any atom is 0.266 e. The summed E-state index contributed by atoms with van der Waals surface area (Å²) in [6.45, 7) is 7.45. The van der Waals surface area contributed by atoms with Gasteiger partial charge in [0, 0.05) is 5.69 Å². The maximum absolute atomic E-state index is 12.4. The molecule has 0 bridgehead atoms. The highest BCUT2D eigenvalue weighted by atomic mass is 16.3. The molecule has 24 heavy (non-hydrogen) atoms. The first kappa shape index (κ1) is 17.3. The maximum atomic E-state index is 12.4. The Balaban J connectivity index is 2.33. The van der Waals surface area contributed by atoms with Crippen molar-refractivity contribution in [2.75, 3.05) is 5.32 Å². The highest BCUT2D eigenvalue weighted by Gasteiger charge is 2.12. The van der Waals surface area contributed by atoms with Crippen LogP contribution in [0.5, 0.6) is 5.75 Å². The summed E-state index contributed by atoms with van der Waals surface area (Å²) in [5.74, 6) is -0.222. The lowest BCUT2D eigenvalue weighted by molar-refractivity contribution is -0.112. The summed E-state index contributed by atoms with van der Waals surface area (Å²) >= 11 is 0. The van der Waals surface area contributed by atoms with Crippen LogP contribution in [0.1, 0.15) is 27.8 Å². The van der Waals surface area contributed by atoms with Gasteiger partial charge in [0.15, 0.2) is 0 Å². The van der Waals surface area contributed by atoms with Crippen molar-refractivity contribution >= 4 is 17.7 Å². The number of carbonyl (C=O) groups is 1. The van der Waals surface area contributed by atoms with Crippen molar-refractivity contribution in [3.05, 3.63) is 63.7 Å². The molecule has 2 aromatic rings. The van der Waals surface area contributed by atoms with E-state index in [9.17, 15) is 15.2 Å². The van der Waals surface area contributed by atoms with E-state index in [0.29, 0.717) is 22.4 Å². The molecule has 4 nitrogen and oxygen atoms in total. The number of anilines is 1. The largest absolute Gasteiger partial charge is 0.507 e. The van der Waals surface area contributed by atoms with E-state index in [1.165, 1.54) is 6.08 Å². The van der Waals surface area contributed by atoms with E-state index < -0.39 is 5.91 Å². The van der Waals surface area contributed by atoms with Gasteiger partial charge in [-0.05, 0) is 79.8 Å². The summed E-state index contributed by atoms with van der Waals surface area (Å²) in [5, 5.41) is 21.9. The second kappa shape index (κ2) is 7.01. The number of benzene rings is 2. The smallest absolute Gasteiger partial charge is 0.266 e. The minimum atomic E-state index is -0.449. The molecule has 4 heteroatoms. The van der Waals surface area contributed by atoms with Gasteiger partial charge in [0.2, 0.25) is 0 Å². The number of nitrogens with zero attached hydrogens (tertiary/aromatic N) is 1. The van der Waals surface area contributed by atoms with Crippen LogP contribution in [0.25, 0.3) is 6.08 Å². The molecule has 2 rings (SSSR count). The molecule has 2 N–H and O–H groups in total. The molecule has 0 saturated carbocycles. The summed E-state index contributed by atoms with van der Waals surface area (Å²) in [6, 6.07) is 11.1. The number of nitrogens with one attached hydrogen (secondary N) is 1. The minimum Gasteiger partial charge on any atom is -0.507 e. The minimum absolute atomic E-state index is 0.0143. The number of carbonyl (C=O) groups excluding carboxylic acids is 1. The van der Waals surface area contributed by atoms with E-state index in [1.807, 2.05) is 38.1 Å². The molecule has 0 radical (unpaired) electrons. The van der Waals surface area contributed by atoms with Gasteiger partial charge in [0.1, 0.15) is 17.4 Å². The number of amides is 1. The molecule has 122 valence electrons. The van der Waals surface area contributed by atoms with Crippen LogP contribution in [0.4, 0.5) is 5.69 Å². The zero-order chi connectivity index (χ0) is 17.9. The number of phenolic OH excluding ortho intramolecular Hbond substituents is 1. The molecule has 0 aliphatic heterocycles. The highest BCUT2D eigenvalue weighted by Crippen LogP contribution is 2.24. The third-order valence-electron chi connectivity index (χ3n) is 4.04. The van der Waals surface area contributed by atoms with Gasteiger partial charge in [0.25, 0.3) is 5.91 Å². The quantitative estimate of drug-likeness (QED) is 0.658. The molecule has 0 aliphatic rings. The van der Waals surface area contributed by atoms with Crippen LogP contribution < -0.4 is 5.32 Å². The fourth-order valence-electron chi connectivity index (χ4n) is 2.46. The Labute approximate surface area is 142 Å². The number of hydrogen-bond acceptors (Lipinski definition) is 3. The Morgan fingerprint density at radius 3 is 2.33 bits per heavy atom. The molecule has 0 fully saturated rings. The van der Waals surface area contributed by atoms with E-state index in [1.54, 1.807) is 26.0 Å². The third-order valence-corrected chi connectivity index (χ3v) is 4.04. The lowest BCUT2D eigenvalue weighted by Crippen LogP contribution is -2.14. The van der Waals surface area contributed by atoms with Crippen molar-refractivity contribution in [1.29, 1.82) is 5.26 Å². The monoisotopic (exact) mass is 320 g/mol. The predicted octanol–water partition coefficient (Wildman–Crippen LogP) is 4.17. The molecule has 2 aromatic carbocycles. The second-order valence-corrected chi connectivity index (χ2v) is 5.87. The van der Waals surface area contributed by atoms with E-state index in [4.69, 9.17) is 0 Å². The van der Waals surface area contributed by atoms with Crippen LogP contribution in [0.2, 0.25) is 0 Å². The number of hydrogen-bond donors (Lipinski definition) is 2. The molecule has 1 amide bonds. The Hall–Kier alpha value is -3.06. The van der Waals surface area contributed by atoms with Gasteiger partial charge in [0.05, 0.1) is 0 Å². The first-order valence-electron chi connectivity index (χ1n) is 7.63. The van der Waals surface area contributed by atoms with E-state index >= 15 is 0 Å². The average molecular weight is 320 g/mol. The van der Waals surface area contributed by atoms with Crippen LogP contribution in [0.15, 0.2) is 35.9 Å². The summed E-state index contributed by atoms with van der Waals surface area (Å²) in [4.78, 5) is 12.4. The van der Waals surface area contributed by atoms with Gasteiger partial charge >= 0.3 is 0 Å². The van der Waals surface area contributed by atoms with Crippen molar-refractivity contribution in [1.82, 2.24) is 0 Å². The first-order valence-corrected chi connectivity index (χ1v) is 7.63. The van der Waals surface area contributed by atoms with Gasteiger partial charge < -0.3 is 10.4 Å². The van der Waals surface area contributed by atoms with Crippen molar-refractivity contribution in [3.63, 3.8) is 0 Å². The number of rotatable bonds is 3. The normalized spacial score (nSPS) is 11.0. The van der Waals surface area contributed by atoms with Crippen molar-refractivity contribution in [3.8, 4) is 11.8 Å². The van der Waals surface area contributed by atoms with Crippen LogP contribution >= 0.6 is 0 Å². The van der Waals surface area contributed by atoms with Crippen LogP contribution in [-0.2, 0) is 4.79 Å². The molecular formula is C20H20N2O2. The lowest BCUT2D eigenvalue weighted by atomic mass is 10.0. The molecule has 0 aliphatic carbocycles. The second-order valence-electron chi connectivity index (χ2n) is 5.87. The Bertz CT molecular complexity index is 851. The number of aryl methyl sites for hydroxylation is 3. The van der Waals surface area contributed by atoms with Gasteiger partial charge in [-0.2, -0.15) is 5.26 Å². The number of aromatic hydroxyl groups is 1. The number of nitriles is 1. The molecule has 0 aromatic heterocycles. The van der Waals surface area contributed by atoms with Crippen molar-refractivity contribution in [2.24, 2.45) is 0 Å². The summed E-state index contributed by atoms with van der Waals surface area (Å²) < 4.78 is 0. The Morgan fingerprint density at radius 1 is 1.12 bits per heavy atom. The van der Waals surface area contributed by atoms with Crippen LogP contribution in [0, 0.1) is 39.0 Å². The summed E-state index contributed by atoms with van der Waals surface area (Å²) in [6.07, 6.45) is 1.53. The van der Waals surface area contributed by atoms with Gasteiger partial charge in [-0.25, -0.2) is 0 Å². The number of phenols is 1. The van der Waals surface area contributed by atoms with Gasteiger partial charge in [-0.1, -0.05) is 12.1 Å². The fourth-order valence-corrected chi connectivity index (χ4v) is 2.46. The highest BCUT2D eigenvalue weighted by molar-refractivity contribution is 6.10. The molecule has 0 unspecified atom stereocenters. The summed E-state index contributed by atoms with van der Waals surface area (Å²) in [7, 11) is 0. The topological polar surface area (TPSA) is 73.1 Å². The van der Waals surface area contributed by atoms with Crippen molar-refractivity contribution in [2.45, 2.75) is 27.7 Å². The van der Waals surface area contributed by atoms with Crippen molar-refractivity contribution < 1.29 is 9.90 Å². The third kappa shape index (κ3) is 3.64. The van der Waals surface area contributed by atoms with E-state index in [0.717, 1.165) is 11.1 Å². The molecule has 0 saturated heterocycles. The standard InChI is InChI=1S/C20H20N2O2/c1-12-6-5-7-18(15(12)4)22-20(24)17(11-21)10-16-8-13(2)19(23)14(3)9-16/h5-10,23H,1-4H3,(H,22,24)/b17-10-. The Morgan fingerprint density at radius 2 is 1.75 bits per heavy atom.